The van der Waals surface area contributed by atoms with Gasteiger partial charge in [0.25, 0.3) is 0 Å². The van der Waals surface area contributed by atoms with Gasteiger partial charge in [0.05, 0.1) is 5.16 Å². The first-order valence-electron chi connectivity index (χ1n) is 7.59. The van der Waals surface area contributed by atoms with E-state index in [-0.39, 0.29) is 5.16 Å². The molecule has 0 amide bonds. The second-order valence-corrected chi connectivity index (χ2v) is 10.7. The lowest BCUT2D eigenvalue weighted by molar-refractivity contribution is 0.0332. The Morgan fingerprint density at radius 3 is 2.11 bits per heavy atom. The molecule has 0 saturated heterocycles. The van der Waals surface area contributed by atoms with Gasteiger partial charge in [-0.25, -0.2) is 0 Å². The summed E-state index contributed by atoms with van der Waals surface area (Å²) in [5.74, 6) is 2.45. The first-order valence-corrected chi connectivity index (χ1v) is 10.2. The van der Waals surface area contributed by atoms with Gasteiger partial charge in [-0.15, -0.1) is 0 Å². The first-order chi connectivity index (χ1) is 8.55. The minimum absolute atomic E-state index is 0.0446. The zero-order valence-electron chi connectivity index (χ0n) is 11.3. The molecule has 4 aliphatic carbocycles. The van der Waals surface area contributed by atoms with Crippen molar-refractivity contribution in [1.82, 2.24) is 5.09 Å². The Hall–Kier alpha value is 0.480. The molecular weight excluding hydrogens is 265 g/mol. The van der Waals surface area contributed by atoms with Crippen LogP contribution in [-0.2, 0) is 4.57 Å². The van der Waals surface area contributed by atoms with Crippen LogP contribution in [0.2, 0.25) is 0 Å². The van der Waals surface area contributed by atoms with E-state index in [1.54, 1.807) is 0 Å². The fraction of sp³-hybridized carbons (Fsp3) is 1.00. The molecule has 1 unspecified atom stereocenters. The molecule has 4 aliphatic rings. The lowest BCUT2D eigenvalue weighted by Gasteiger charge is -2.57. The molecule has 0 aromatic heterocycles. The molecule has 0 aromatic carbocycles. The average Bonchev–Trinajstić information content (AvgIpc) is 2.27. The molecule has 0 aliphatic heterocycles. The fourth-order valence-corrected chi connectivity index (χ4v) is 8.12. The zero-order valence-corrected chi connectivity index (χ0v) is 13.0. The third kappa shape index (κ3) is 2.19. The van der Waals surface area contributed by atoms with Gasteiger partial charge in [-0.3, -0.25) is 9.65 Å². The van der Waals surface area contributed by atoms with Crippen LogP contribution in [0.25, 0.3) is 0 Å². The van der Waals surface area contributed by atoms with Crippen LogP contribution in [0.1, 0.15) is 58.3 Å². The zero-order chi connectivity index (χ0) is 12.8. The van der Waals surface area contributed by atoms with Crippen molar-refractivity contribution in [1.29, 1.82) is 0 Å². The van der Waals surface area contributed by atoms with Crippen LogP contribution < -0.4 is 5.09 Å². The van der Waals surface area contributed by atoms with Crippen molar-refractivity contribution >= 4 is 17.9 Å². The van der Waals surface area contributed by atoms with E-state index in [0.29, 0.717) is 0 Å². The van der Waals surface area contributed by atoms with Gasteiger partial charge in [0.15, 0.2) is 0 Å². The van der Waals surface area contributed by atoms with Crippen LogP contribution in [0.15, 0.2) is 0 Å². The molecule has 0 heterocycles. The number of rotatable bonds is 5. The van der Waals surface area contributed by atoms with Crippen LogP contribution in [0.3, 0.4) is 0 Å². The first kappa shape index (κ1) is 13.5. The van der Waals surface area contributed by atoms with Crippen molar-refractivity contribution < 1.29 is 4.57 Å². The van der Waals surface area contributed by atoms with Crippen LogP contribution in [0.5, 0.6) is 0 Å². The second kappa shape index (κ2) is 4.79. The summed E-state index contributed by atoms with van der Waals surface area (Å²) in [4.78, 5) is 0. The molecule has 1 N–H and O–H groups in total. The highest BCUT2D eigenvalue weighted by Gasteiger charge is 2.58. The molecule has 2 nitrogen and oxygen atoms in total. The van der Waals surface area contributed by atoms with Crippen LogP contribution in [0, 0.1) is 17.8 Å². The van der Waals surface area contributed by atoms with Gasteiger partial charge in [0, 0.05) is 6.54 Å². The Bertz CT molecular complexity index is 336. The standard InChI is InChI=1S/C14H25ClNOP/c1-2-3-4-16-18(15,17)14-8-11-5-12(9-14)7-13(6-11)10-14/h11-13H,2-10H2,1H3,(H,16,17). The molecule has 4 fully saturated rings. The molecule has 4 bridgehead atoms. The topological polar surface area (TPSA) is 29.1 Å². The third-order valence-electron chi connectivity index (χ3n) is 5.46. The Kier molecular flexibility index (Phi) is 3.58. The van der Waals surface area contributed by atoms with E-state index in [0.717, 1.165) is 56.4 Å². The summed E-state index contributed by atoms with van der Waals surface area (Å²) < 4.78 is 13.0. The van der Waals surface area contributed by atoms with Gasteiger partial charge in [0.1, 0.15) is 0 Å². The summed E-state index contributed by atoms with van der Waals surface area (Å²) in [5.41, 5.74) is 0. The quantitative estimate of drug-likeness (QED) is 0.583. The van der Waals surface area contributed by atoms with Gasteiger partial charge in [0.2, 0.25) is 6.65 Å². The van der Waals surface area contributed by atoms with E-state index < -0.39 is 6.65 Å². The van der Waals surface area contributed by atoms with E-state index in [4.69, 9.17) is 11.2 Å². The highest BCUT2D eigenvalue weighted by molar-refractivity contribution is 7.88. The van der Waals surface area contributed by atoms with Crippen LogP contribution in [-0.4, -0.2) is 11.7 Å². The van der Waals surface area contributed by atoms with Crippen molar-refractivity contribution in [2.45, 2.75) is 63.4 Å². The fourth-order valence-electron chi connectivity index (χ4n) is 4.98. The van der Waals surface area contributed by atoms with Crippen molar-refractivity contribution in [2.75, 3.05) is 6.54 Å². The summed E-state index contributed by atoms with van der Waals surface area (Å²) in [6.45, 7) is 0.277. The van der Waals surface area contributed by atoms with Gasteiger partial charge in [-0.2, -0.15) is 0 Å². The van der Waals surface area contributed by atoms with Crippen molar-refractivity contribution in [3.05, 3.63) is 0 Å². The molecular formula is C14H25ClNOP. The molecule has 0 aromatic rings. The molecule has 1 atom stereocenters. The van der Waals surface area contributed by atoms with E-state index in [2.05, 4.69) is 12.0 Å². The smallest absolute Gasteiger partial charge is 0.238 e. The Morgan fingerprint density at radius 1 is 1.17 bits per heavy atom. The lowest BCUT2D eigenvalue weighted by Crippen LogP contribution is -2.51. The van der Waals surface area contributed by atoms with Crippen molar-refractivity contribution in [3.8, 4) is 0 Å². The molecule has 18 heavy (non-hydrogen) atoms. The third-order valence-corrected chi connectivity index (χ3v) is 9.29. The van der Waals surface area contributed by atoms with Gasteiger partial charge in [-0.05, 0) is 73.9 Å². The van der Waals surface area contributed by atoms with Crippen molar-refractivity contribution in [3.63, 3.8) is 0 Å². The lowest BCUT2D eigenvalue weighted by atomic mass is 9.56. The molecule has 0 spiro atoms. The van der Waals surface area contributed by atoms with Gasteiger partial charge < -0.3 is 0 Å². The summed E-state index contributed by atoms with van der Waals surface area (Å²) in [7, 11) is 0. The monoisotopic (exact) mass is 289 g/mol. The molecule has 104 valence electrons. The van der Waals surface area contributed by atoms with E-state index >= 15 is 0 Å². The maximum absolute atomic E-state index is 13.0. The predicted molar refractivity (Wildman–Crippen MR) is 77.3 cm³/mol. The maximum atomic E-state index is 13.0. The van der Waals surface area contributed by atoms with Crippen LogP contribution in [0.4, 0.5) is 0 Å². The van der Waals surface area contributed by atoms with E-state index in [1.165, 1.54) is 19.3 Å². The van der Waals surface area contributed by atoms with E-state index in [9.17, 15) is 4.57 Å². The number of hydrogen-bond acceptors (Lipinski definition) is 1. The SMILES string of the molecule is CCCCNP(=O)(Cl)C12CC3CC(CC(C3)C1)C2. The normalized spacial score (nSPS) is 45.1. The molecule has 0 radical (unpaired) electrons. The van der Waals surface area contributed by atoms with Gasteiger partial charge in [-0.1, -0.05) is 13.3 Å². The summed E-state index contributed by atoms with van der Waals surface area (Å²) in [5, 5.41) is 3.19. The summed E-state index contributed by atoms with van der Waals surface area (Å²) >= 11 is 6.54. The highest BCUT2D eigenvalue weighted by atomic mass is 35.7. The number of nitrogens with one attached hydrogen (secondary N) is 1. The average molecular weight is 290 g/mol. The molecule has 4 rings (SSSR count). The predicted octanol–water partition coefficient (Wildman–Crippen LogP) is 4.78. The Morgan fingerprint density at radius 2 is 1.67 bits per heavy atom. The van der Waals surface area contributed by atoms with Crippen molar-refractivity contribution in [2.24, 2.45) is 17.8 Å². The summed E-state index contributed by atoms with van der Waals surface area (Å²) in [6, 6.07) is 0. The Labute approximate surface area is 115 Å². The highest BCUT2D eigenvalue weighted by Crippen LogP contribution is 2.73. The maximum Gasteiger partial charge on any atom is 0.238 e. The number of unbranched alkanes of at least 4 members (excludes halogenated alkanes) is 1. The Balaban J connectivity index is 1.75. The summed E-state index contributed by atoms with van der Waals surface area (Å²) in [6.07, 6.45) is 9.71. The number of hydrogen-bond donors (Lipinski definition) is 1. The molecule has 4 heteroatoms. The number of halogens is 1. The van der Waals surface area contributed by atoms with Crippen LogP contribution >= 0.6 is 17.9 Å². The van der Waals surface area contributed by atoms with E-state index in [1.807, 2.05) is 0 Å². The molecule has 4 saturated carbocycles. The second-order valence-electron chi connectivity index (χ2n) is 6.94. The minimum Gasteiger partial charge on any atom is -0.289 e. The largest absolute Gasteiger partial charge is 0.289 e. The minimum atomic E-state index is -2.70. The van der Waals surface area contributed by atoms with Gasteiger partial charge >= 0.3 is 0 Å².